The van der Waals surface area contributed by atoms with Gasteiger partial charge in [-0.15, -0.1) is 11.3 Å². The molecule has 2 N–H and O–H groups in total. The molecule has 148 valence electrons. The molecule has 0 bridgehead atoms. The SMILES string of the molecule is COc1ccc(CCN2C(=O)N[C@H](CC(=O)NCCc3nccs3)C2=O)cc1. The molecule has 1 atom stereocenters. The fourth-order valence-corrected chi connectivity index (χ4v) is 3.52. The molecule has 1 saturated heterocycles. The van der Waals surface area contributed by atoms with E-state index in [0.717, 1.165) is 21.2 Å². The van der Waals surface area contributed by atoms with Gasteiger partial charge < -0.3 is 15.4 Å². The first kappa shape index (κ1) is 19.8. The lowest BCUT2D eigenvalue weighted by molar-refractivity contribution is -0.130. The first-order valence-electron chi connectivity index (χ1n) is 8.96. The van der Waals surface area contributed by atoms with Crippen LogP contribution in [0.4, 0.5) is 4.79 Å². The minimum absolute atomic E-state index is 0.0680. The number of imide groups is 1. The van der Waals surface area contributed by atoms with E-state index >= 15 is 0 Å². The Labute approximate surface area is 166 Å². The summed E-state index contributed by atoms with van der Waals surface area (Å²) in [6.45, 7) is 0.710. The molecular formula is C19H22N4O4S. The Morgan fingerprint density at radius 1 is 1.29 bits per heavy atom. The van der Waals surface area contributed by atoms with E-state index in [4.69, 9.17) is 4.74 Å². The van der Waals surface area contributed by atoms with Crippen LogP contribution in [-0.4, -0.2) is 54.0 Å². The number of urea groups is 1. The van der Waals surface area contributed by atoms with E-state index in [1.165, 1.54) is 11.3 Å². The third-order valence-electron chi connectivity index (χ3n) is 4.42. The Balaban J connectivity index is 1.44. The fraction of sp³-hybridized carbons (Fsp3) is 0.368. The molecule has 9 heteroatoms. The minimum atomic E-state index is -0.816. The molecule has 1 aromatic heterocycles. The maximum atomic E-state index is 12.5. The highest BCUT2D eigenvalue weighted by atomic mass is 32.1. The van der Waals surface area contributed by atoms with Crippen molar-refractivity contribution in [2.24, 2.45) is 0 Å². The Morgan fingerprint density at radius 2 is 2.07 bits per heavy atom. The molecule has 28 heavy (non-hydrogen) atoms. The average molecular weight is 402 g/mol. The van der Waals surface area contributed by atoms with Crippen molar-refractivity contribution in [2.75, 3.05) is 20.2 Å². The van der Waals surface area contributed by atoms with Gasteiger partial charge >= 0.3 is 6.03 Å². The number of ether oxygens (including phenoxy) is 1. The van der Waals surface area contributed by atoms with Crippen molar-refractivity contribution in [3.05, 3.63) is 46.4 Å². The van der Waals surface area contributed by atoms with Gasteiger partial charge in [0.15, 0.2) is 0 Å². The van der Waals surface area contributed by atoms with Crippen LogP contribution < -0.4 is 15.4 Å². The summed E-state index contributed by atoms with van der Waals surface area (Å²) < 4.78 is 5.11. The standard InChI is InChI=1S/C19H22N4O4S/c1-27-14-4-2-13(3-5-14)7-10-23-18(25)15(22-19(23)26)12-16(24)20-8-6-17-21-9-11-28-17/h2-5,9,11,15H,6-8,10,12H2,1H3,(H,20,24)(H,22,26)/t15-/m1/s1. The van der Waals surface area contributed by atoms with Crippen LogP contribution in [0.15, 0.2) is 35.8 Å². The highest BCUT2D eigenvalue weighted by Gasteiger charge is 2.38. The molecule has 2 heterocycles. The third-order valence-corrected chi connectivity index (χ3v) is 5.26. The number of nitrogens with one attached hydrogen (secondary N) is 2. The molecular weight excluding hydrogens is 380 g/mol. The first-order valence-corrected chi connectivity index (χ1v) is 9.84. The number of rotatable bonds is 9. The molecule has 8 nitrogen and oxygen atoms in total. The van der Waals surface area contributed by atoms with Crippen LogP contribution in [0.3, 0.4) is 0 Å². The van der Waals surface area contributed by atoms with Crippen LogP contribution in [0, 0.1) is 0 Å². The van der Waals surface area contributed by atoms with Crippen molar-refractivity contribution in [2.45, 2.75) is 25.3 Å². The zero-order valence-corrected chi connectivity index (χ0v) is 16.3. The Bertz CT molecular complexity index is 823. The van der Waals surface area contributed by atoms with Crippen LogP contribution in [-0.2, 0) is 22.4 Å². The van der Waals surface area contributed by atoms with Gasteiger partial charge in [-0.1, -0.05) is 12.1 Å². The smallest absolute Gasteiger partial charge is 0.324 e. The Kier molecular flexibility index (Phi) is 6.59. The number of hydrogen-bond acceptors (Lipinski definition) is 6. The molecule has 0 spiro atoms. The molecule has 2 aromatic rings. The van der Waals surface area contributed by atoms with Gasteiger partial charge in [0.1, 0.15) is 11.8 Å². The summed E-state index contributed by atoms with van der Waals surface area (Å²) in [7, 11) is 1.59. The third kappa shape index (κ3) is 5.07. The molecule has 1 aromatic carbocycles. The van der Waals surface area contributed by atoms with Gasteiger partial charge in [0.05, 0.1) is 18.5 Å². The maximum absolute atomic E-state index is 12.5. The highest BCUT2D eigenvalue weighted by Crippen LogP contribution is 2.14. The lowest BCUT2D eigenvalue weighted by atomic mass is 10.1. The number of carbonyl (C=O) groups excluding carboxylic acids is 3. The van der Waals surface area contributed by atoms with Gasteiger partial charge in [-0.25, -0.2) is 9.78 Å². The molecule has 0 aliphatic carbocycles. The predicted molar refractivity (Wildman–Crippen MR) is 104 cm³/mol. The van der Waals surface area contributed by atoms with E-state index in [2.05, 4.69) is 15.6 Å². The van der Waals surface area contributed by atoms with E-state index < -0.39 is 12.1 Å². The van der Waals surface area contributed by atoms with Crippen LogP contribution in [0.2, 0.25) is 0 Å². The quantitative estimate of drug-likeness (QED) is 0.617. The number of thiazole rings is 1. The Morgan fingerprint density at radius 3 is 2.75 bits per heavy atom. The average Bonchev–Trinajstić information content (AvgIpc) is 3.29. The minimum Gasteiger partial charge on any atom is -0.497 e. The van der Waals surface area contributed by atoms with Crippen molar-refractivity contribution in [1.29, 1.82) is 0 Å². The van der Waals surface area contributed by atoms with Crippen molar-refractivity contribution < 1.29 is 19.1 Å². The summed E-state index contributed by atoms with van der Waals surface area (Å²) in [6, 6.07) is 6.18. The number of methoxy groups -OCH3 is 1. The summed E-state index contributed by atoms with van der Waals surface area (Å²) in [5.74, 6) is 0.112. The second-order valence-corrected chi connectivity index (χ2v) is 7.30. The number of hydrogen-bond donors (Lipinski definition) is 2. The number of benzene rings is 1. The van der Waals surface area contributed by atoms with E-state index in [1.807, 2.05) is 29.6 Å². The summed E-state index contributed by atoms with van der Waals surface area (Å²) in [6.07, 6.45) is 2.83. The summed E-state index contributed by atoms with van der Waals surface area (Å²) in [5, 5.41) is 8.17. The van der Waals surface area contributed by atoms with Gasteiger partial charge in [-0.3, -0.25) is 14.5 Å². The van der Waals surface area contributed by atoms with E-state index in [0.29, 0.717) is 19.4 Å². The normalized spacial score (nSPS) is 16.2. The topological polar surface area (TPSA) is 101 Å². The maximum Gasteiger partial charge on any atom is 0.324 e. The zero-order valence-electron chi connectivity index (χ0n) is 15.5. The first-order chi connectivity index (χ1) is 13.6. The summed E-state index contributed by atoms with van der Waals surface area (Å²) >= 11 is 1.53. The molecule has 1 fully saturated rings. The van der Waals surface area contributed by atoms with Crippen LogP contribution in [0.25, 0.3) is 0 Å². The van der Waals surface area contributed by atoms with Gasteiger partial charge in [0.2, 0.25) is 5.91 Å². The van der Waals surface area contributed by atoms with E-state index in [9.17, 15) is 14.4 Å². The molecule has 0 radical (unpaired) electrons. The highest BCUT2D eigenvalue weighted by molar-refractivity contribution is 7.09. The van der Waals surface area contributed by atoms with Crippen LogP contribution >= 0.6 is 11.3 Å². The molecule has 4 amide bonds. The van der Waals surface area contributed by atoms with E-state index in [1.54, 1.807) is 13.3 Å². The van der Waals surface area contributed by atoms with Crippen molar-refractivity contribution in [1.82, 2.24) is 20.5 Å². The molecule has 0 saturated carbocycles. The van der Waals surface area contributed by atoms with Crippen LogP contribution in [0.1, 0.15) is 17.0 Å². The zero-order chi connectivity index (χ0) is 19.9. The predicted octanol–water partition coefficient (Wildman–Crippen LogP) is 1.36. The summed E-state index contributed by atoms with van der Waals surface area (Å²) in [5.41, 5.74) is 0.991. The van der Waals surface area contributed by atoms with Gasteiger partial charge in [-0.05, 0) is 24.1 Å². The lowest BCUT2D eigenvalue weighted by Gasteiger charge is -2.13. The molecule has 3 rings (SSSR count). The second kappa shape index (κ2) is 9.32. The number of amides is 4. The van der Waals surface area contributed by atoms with Crippen molar-refractivity contribution >= 4 is 29.2 Å². The van der Waals surface area contributed by atoms with E-state index in [-0.39, 0.29) is 24.8 Å². The molecule has 1 aliphatic heterocycles. The van der Waals surface area contributed by atoms with Gasteiger partial charge in [-0.2, -0.15) is 0 Å². The van der Waals surface area contributed by atoms with Crippen molar-refractivity contribution in [3.8, 4) is 5.75 Å². The van der Waals surface area contributed by atoms with Gasteiger partial charge in [0.25, 0.3) is 5.91 Å². The Hall–Kier alpha value is -2.94. The number of aromatic nitrogens is 1. The second-order valence-electron chi connectivity index (χ2n) is 6.32. The van der Waals surface area contributed by atoms with Crippen molar-refractivity contribution in [3.63, 3.8) is 0 Å². The molecule has 1 aliphatic rings. The summed E-state index contributed by atoms with van der Waals surface area (Å²) in [4.78, 5) is 41.9. The largest absolute Gasteiger partial charge is 0.497 e. The lowest BCUT2D eigenvalue weighted by Crippen LogP contribution is -2.37. The van der Waals surface area contributed by atoms with Gasteiger partial charge in [0, 0.05) is 31.1 Å². The fourth-order valence-electron chi connectivity index (χ4n) is 2.90. The molecule has 0 unspecified atom stereocenters. The number of carbonyl (C=O) groups is 3. The monoisotopic (exact) mass is 402 g/mol. The van der Waals surface area contributed by atoms with Crippen LogP contribution in [0.5, 0.6) is 5.75 Å². The number of nitrogens with zero attached hydrogens (tertiary/aromatic N) is 2.